The van der Waals surface area contributed by atoms with Gasteiger partial charge in [-0.15, -0.1) is 0 Å². The van der Waals surface area contributed by atoms with Gasteiger partial charge in [-0.05, 0) is 42.8 Å². The standard InChI is InChI=1S/C17H12ClN3O/c1-10-3-2-4-12(7-10)21-15-8-11(18)5-6-13(15)16(20)14(9-19)17(21)22/h2-8H,20H2,1H3. The van der Waals surface area contributed by atoms with E-state index >= 15 is 0 Å². The quantitative estimate of drug-likeness (QED) is 0.748. The minimum atomic E-state index is -0.444. The van der Waals surface area contributed by atoms with E-state index in [0.29, 0.717) is 21.6 Å². The van der Waals surface area contributed by atoms with Crippen LogP contribution in [-0.2, 0) is 0 Å². The molecule has 5 heteroatoms. The maximum Gasteiger partial charge on any atom is 0.275 e. The minimum absolute atomic E-state index is 0.0590. The summed E-state index contributed by atoms with van der Waals surface area (Å²) in [4.78, 5) is 12.7. The molecule has 0 amide bonds. The maximum atomic E-state index is 12.7. The monoisotopic (exact) mass is 309 g/mol. The zero-order chi connectivity index (χ0) is 15.9. The van der Waals surface area contributed by atoms with Gasteiger partial charge in [-0.1, -0.05) is 23.7 Å². The van der Waals surface area contributed by atoms with E-state index in [4.69, 9.17) is 17.3 Å². The van der Waals surface area contributed by atoms with Gasteiger partial charge < -0.3 is 5.73 Å². The lowest BCUT2D eigenvalue weighted by Gasteiger charge is -2.14. The molecule has 2 N–H and O–H groups in total. The maximum absolute atomic E-state index is 12.7. The van der Waals surface area contributed by atoms with Crippen molar-refractivity contribution >= 4 is 28.2 Å². The number of rotatable bonds is 1. The summed E-state index contributed by atoms with van der Waals surface area (Å²) >= 11 is 6.07. The molecule has 4 nitrogen and oxygen atoms in total. The van der Waals surface area contributed by atoms with Gasteiger partial charge in [0, 0.05) is 16.1 Å². The molecule has 0 atom stereocenters. The molecule has 108 valence electrons. The zero-order valence-electron chi connectivity index (χ0n) is 11.8. The number of nitrogen functional groups attached to an aromatic ring is 1. The van der Waals surface area contributed by atoms with Crippen LogP contribution < -0.4 is 11.3 Å². The fourth-order valence-electron chi connectivity index (χ4n) is 2.52. The van der Waals surface area contributed by atoms with Crippen LogP contribution in [0.25, 0.3) is 16.6 Å². The highest BCUT2D eigenvalue weighted by molar-refractivity contribution is 6.31. The number of hydrogen-bond donors (Lipinski definition) is 1. The van der Waals surface area contributed by atoms with Crippen molar-refractivity contribution < 1.29 is 0 Å². The first-order valence-corrected chi connectivity index (χ1v) is 7.01. The molecule has 0 fully saturated rings. The molecule has 0 unspecified atom stereocenters. The van der Waals surface area contributed by atoms with Crippen LogP contribution in [0.5, 0.6) is 0 Å². The highest BCUT2D eigenvalue weighted by Crippen LogP contribution is 2.27. The second-order valence-electron chi connectivity index (χ2n) is 5.04. The van der Waals surface area contributed by atoms with Crippen molar-refractivity contribution in [2.24, 2.45) is 0 Å². The summed E-state index contributed by atoms with van der Waals surface area (Å²) in [6.45, 7) is 1.94. The van der Waals surface area contributed by atoms with Crippen molar-refractivity contribution in [2.45, 2.75) is 6.92 Å². The van der Waals surface area contributed by atoms with Crippen LogP contribution in [0.2, 0.25) is 5.02 Å². The molecule has 22 heavy (non-hydrogen) atoms. The third-order valence-electron chi connectivity index (χ3n) is 3.55. The third-order valence-corrected chi connectivity index (χ3v) is 3.78. The van der Waals surface area contributed by atoms with Gasteiger partial charge in [0.1, 0.15) is 11.6 Å². The average molecular weight is 310 g/mol. The van der Waals surface area contributed by atoms with Gasteiger partial charge in [0.2, 0.25) is 0 Å². The lowest BCUT2D eigenvalue weighted by Crippen LogP contribution is -2.23. The summed E-state index contributed by atoms with van der Waals surface area (Å²) in [6, 6.07) is 14.5. The molecule has 0 bridgehead atoms. The predicted molar refractivity (Wildman–Crippen MR) is 88.4 cm³/mol. The lowest BCUT2D eigenvalue weighted by molar-refractivity contribution is 1.03. The molecule has 0 spiro atoms. The number of aromatic nitrogens is 1. The molecule has 0 radical (unpaired) electrons. The Bertz CT molecular complexity index is 999. The minimum Gasteiger partial charge on any atom is -0.397 e. The van der Waals surface area contributed by atoms with Gasteiger partial charge in [0.15, 0.2) is 0 Å². The van der Waals surface area contributed by atoms with Crippen molar-refractivity contribution in [3.63, 3.8) is 0 Å². The molecule has 0 saturated heterocycles. The van der Waals surface area contributed by atoms with Gasteiger partial charge in [-0.2, -0.15) is 5.26 Å². The number of fused-ring (bicyclic) bond motifs is 1. The first-order chi connectivity index (χ1) is 10.5. The fraction of sp³-hybridized carbons (Fsp3) is 0.0588. The number of anilines is 1. The van der Waals surface area contributed by atoms with Crippen LogP contribution >= 0.6 is 11.6 Å². The number of benzene rings is 2. The van der Waals surface area contributed by atoms with Gasteiger partial charge in [0.05, 0.1) is 11.2 Å². The molecule has 1 aromatic heterocycles. The molecule has 3 rings (SSSR count). The second kappa shape index (κ2) is 5.21. The van der Waals surface area contributed by atoms with Crippen LogP contribution in [0, 0.1) is 18.3 Å². The molecule has 0 aliphatic heterocycles. The summed E-state index contributed by atoms with van der Waals surface area (Å²) in [5.74, 6) is 0. The smallest absolute Gasteiger partial charge is 0.275 e. The van der Waals surface area contributed by atoms with Gasteiger partial charge in [-0.25, -0.2) is 0 Å². The van der Waals surface area contributed by atoms with Crippen LogP contribution in [0.1, 0.15) is 11.1 Å². The first kappa shape index (κ1) is 14.2. The number of nitrogens with two attached hydrogens (primary N) is 1. The van der Waals surface area contributed by atoms with Crippen molar-refractivity contribution in [2.75, 3.05) is 5.73 Å². The van der Waals surface area contributed by atoms with E-state index < -0.39 is 5.56 Å². The Hall–Kier alpha value is -2.77. The number of nitriles is 1. The second-order valence-corrected chi connectivity index (χ2v) is 5.48. The van der Waals surface area contributed by atoms with E-state index in [-0.39, 0.29) is 11.3 Å². The SMILES string of the molecule is Cc1cccc(-n2c(=O)c(C#N)c(N)c3ccc(Cl)cc32)c1. The number of nitrogens with zero attached hydrogens (tertiary/aromatic N) is 2. The van der Waals surface area contributed by atoms with E-state index in [1.165, 1.54) is 4.57 Å². The zero-order valence-corrected chi connectivity index (χ0v) is 12.6. The van der Waals surface area contributed by atoms with Crippen molar-refractivity contribution in [1.29, 1.82) is 5.26 Å². The first-order valence-electron chi connectivity index (χ1n) is 6.64. The molecular weight excluding hydrogens is 298 g/mol. The van der Waals surface area contributed by atoms with E-state index in [2.05, 4.69) is 0 Å². The summed E-state index contributed by atoms with van der Waals surface area (Å²) in [7, 11) is 0. The van der Waals surface area contributed by atoms with Crippen LogP contribution in [0.15, 0.2) is 47.3 Å². The van der Waals surface area contributed by atoms with Crippen LogP contribution in [0.4, 0.5) is 5.69 Å². The van der Waals surface area contributed by atoms with Crippen molar-refractivity contribution in [1.82, 2.24) is 4.57 Å². The normalized spacial score (nSPS) is 10.6. The van der Waals surface area contributed by atoms with Gasteiger partial charge in [0.25, 0.3) is 5.56 Å². The Morgan fingerprint density at radius 2 is 2.00 bits per heavy atom. The number of halogens is 1. The molecule has 0 aliphatic rings. The molecule has 2 aromatic carbocycles. The van der Waals surface area contributed by atoms with Crippen molar-refractivity contribution in [3.05, 3.63) is 69.0 Å². The summed E-state index contributed by atoms with van der Waals surface area (Å²) in [5, 5.41) is 10.4. The molecule has 0 saturated carbocycles. The molecule has 0 aliphatic carbocycles. The van der Waals surface area contributed by atoms with E-state index in [1.807, 2.05) is 37.3 Å². The molecule has 1 heterocycles. The Morgan fingerprint density at radius 3 is 2.68 bits per heavy atom. The molecular formula is C17H12ClN3O. The predicted octanol–water partition coefficient (Wildman–Crippen LogP) is 3.41. The Balaban J connectivity index is 2.55. The average Bonchev–Trinajstić information content (AvgIpc) is 2.47. The lowest BCUT2D eigenvalue weighted by atomic mass is 10.1. The number of hydrogen-bond acceptors (Lipinski definition) is 3. The molecule has 3 aromatic rings. The van der Waals surface area contributed by atoms with E-state index in [9.17, 15) is 10.1 Å². The van der Waals surface area contributed by atoms with E-state index in [0.717, 1.165) is 5.56 Å². The van der Waals surface area contributed by atoms with Crippen LogP contribution in [-0.4, -0.2) is 4.57 Å². The number of pyridine rings is 1. The fourth-order valence-corrected chi connectivity index (χ4v) is 2.69. The summed E-state index contributed by atoms with van der Waals surface area (Å²) in [5.41, 5.74) is 7.93. The van der Waals surface area contributed by atoms with E-state index in [1.54, 1.807) is 18.2 Å². The Labute approximate surface area is 132 Å². The van der Waals surface area contributed by atoms with Crippen LogP contribution in [0.3, 0.4) is 0 Å². The Morgan fingerprint density at radius 1 is 1.23 bits per heavy atom. The highest BCUT2D eigenvalue weighted by Gasteiger charge is 2.16. The highest BCUT2D eigenvalue weighted by atomic mass is 35.5. The topological polar surface area (TPSA) is 71.8 Å². The largest absolute Gasteiger partial charge is 0.397 e. The van der Waals surface area contributed by atoms with Gasteiger partial charge >= 0.3 is 0 Å². The van der Waals surface area contributed by atoms with Crippen molar-refractivity contribution in [3.8, 4) is 11.8 Å². The number of aryl methyl sites for hydroxylation is 1. The Kier molecular flexibility index (Phi) is 3.36. The summed E-state index contributed by atoms with van der Waals surface area (Å²) in [6.07, 6.45) is 0. The third kappa shape index (κ3) is 2.12. The van der Waals surface area contributed by atoms with Gasteiger partial charge in [-0.3, -0.25) is 9.36 Å². The summed E-state index contributed by atoms with van der Waals surface area (Å²) < 4.78 is 1.48.